The Morgan fingerprint density at radius 2 is 1.52 bits per heavy atom. The highest BCUT2D eigenvalue weighted by Crippen LogP contribution is 2.05. The Labute approximate surface area is 143 Å². The number of rotatable bonds is 17. The van der Waals surface area contributed by atoms with Crippen LogP contribution in [-0.4, -0.2) is 48.3 Å². The van der Waals surface area contributed by atoms with Crippen molar-refractivity contribution in [3.05, 3.63) is 12.7 Å². The molecule has 5 nitrogen and oxygen atoms in total. The van der Waals surface area contributed by atoms with E-state index in [0.717, 1.165) is 51.4 Å². The largest absolute Gasteiger partial charge is 0.462 e. The standard InChI is InChI=1S/C17H34O5Si/c1-4-7-14-21-23(22-15-8-5-2)16-10-12-19-11-9-13-20-17(18)6-3/h6,23H,3-5,7-16H2,1-2H3. The molecule has 0 aliphatic carbocycles. The van der Waals surface area contributed by atoms with Crippen molar-refractivity contribution in [1.82, 2.24) is 0 Å². The van der Waals surface area contributed by atoms with Crippen LogP contribution in [0.4, 0.5) is 0 Å². The maximum Gasteiger partial charge on any atom is 0.330 e. The van der Waals surface area contributed by atoms with Crippen molar-refractivity contribution in [3.8, 4) is 0 Å². The first-order chi connectivity index (χ1) is 11.2. The highest BCUT2D eigenvalue weighted by molar-refractivity contribution is 6.44. The highest BCUT2D eigenvalue weighted by Gasteiger charge is 2.12. The second-order valence-corrected chi connectivity index (χ2v) is 7.46. The van der Waals surface area contributed by atoms with Gasteiger partial charge in [-0.1, -0.05) is 33.3 Å². The molecule has 0 atom stereocenters. The molecule has 0 bridgehead atoms. The number of carbonyl (C=O) groups is 1. The Balaban J connectivity index is 3.59. The molecule has 0 aliphatic heterocycles. The van der Waals surface area contributed by atoms with Gasteiger partial charge < -0.3 is 18.3 Å². The van der Waals surface area contributed by atoms with Gasteiger partial charge in [0.1, 0.15) is 0 Å². The van der Waals surface area contributed by atoms with Crippen LogP contribution >= 0.6 is 0 Å². The van der Waals surface area contributed by atoms with Gasteiger partial charge in [0.25, 0.3) is 0 Å². The Morgan fingerprint density at radius 3 is 2.09 bits per heavy atom. The lowest BCUT2D eigenvalue weighted by Gasteiger charge is -2.16. The molecule has 0 aromatic carbocycles. The van der Waals surface area contributed by atoms with Crippen LogP contribution in [0.2, 0.25) is 6.04 Å². The lowest BCUT2D eigenvalue weighted by molar-refractivity contribution is -0.138. The van der Waals surface area contributed by atoms with Gasteiger partial charge in [-0.2, -0.15) is 0 Å². The molecule has 0 saturated carbocycles. The predicted octanol–water partition coefficient (Wildman–Crippen LogP) is 3.37. The van der Waals surface area contributed by atoms with Crippen LogP contribution in [0.3, 0.4) is 0 Å². The molecule has 0 rings (SSSR count). The van der Waals surface area contributed by atoms with Gasteiger partial charge in [-0.05, 0) is 25.3 Å². The molecule has 0 amide bonds. The summed E-state index contributed by atoms with van der Waals surface area (Å²) in [6.07, 6.45) is 7.33. The summed E-state index contributed by atoms with van der Waals surface area (Å²) in [6, 6.07) is 0.985. The van der Waals surface area contributed by atoms with Gasteiger partial charge in [0.05, 0.1) is 6.61 Å². The van der Waals surface area contributed by atoms with E-state index >= 15 is 0 Å². The van der Waals surface area contributed by atoms with Crippen LogP contribution in [0.1, 0.15) is 52.4 Å². The van der Waals surface area contributed by atoms with Gasteiger partial charge in [0.2, 0.25) is 0 Å². The normalized spacial score (nSPS) is 10.9. The fourth-order valence-corrected chi connectivity index (χ4v) is 3.57. The van der Waals surface area contributed by atoms with Crippen molar-refractivity contribution < 1.29 is 23.1 Å². The number of esters is 1. The summed E-state index contributed by atoms with van der Waals surface area (Å²) >= 11 is 0. The van der Waals surface area contributed by atoms with Gasteiger partial charge in [-0.15, -0.1) is 0 Å². The average molecular weight is 347 g/mol. The summed E-state index contributed by atoms with van der Waals surface area (Å²) < 4.78 is 22.2. The number of hydrogen-bond acceptors (Lipinski definition) is 5. The molecule has 0 aliphatic rings. The SMILES string of the molecule is C=CC(=O)OCCCOCCC[SiH](OCCCC)OCCCC. The van der Waals surface area contributed by atoms with Crippen LogP contribution < -0.4 is 0 Å². The minimum atomic E-state index is -1.54. The lowest BCUT2D eigenvalue weighted by atomic mass is 10.4. The third-order valence-electron chi connectivity index (χ3n) is 3.18. The monoisotopic (exact) mass is 346 g/mol. The zero-order chi connectivity index (χ0) is 17.2. The highest BCUT2D eigenvalue weighted by atomic mass is 28.3. The third-order valence-corrected chi connectivity index (χ3v) is 5.27. The second kappa shape index (κ2) is 17.7. The van der Waals surface area contributed by atoms with Gasteiger partial charge in [-0.25, -0.2) is 4.79 Å². The maximum atomic E-state index is 10.8. The summed E-state index contributed by atoms with van der Waals surface area (Å²) in [5.41, 5.74) is 0. The molecule has 23 heavy (non-hydrogen) atoms. The molecule has 0 saturated heterocycles. The lowest BCUT2D eigenvalue weighted by Crippen LogP contribution is -2.24. The molecule has 136 valence electrons. The number of unbranched alkanes of at least 4 members (excludes halogenated alkanes) is 2. The van der Waals surface area contributed by atoms with Crippen LogP contribution in [0.5, 0.6) is 0 Å². The van der Waals surface area contributed by atoms with E-state index in [1.54, 1.807) is 0 Å². The van der Waals surface area contributed by atoms with E-state index in [9.17, 15) is 4.79 Å². The van der Waals surface area contributed by atoms with Crippen molar-refractivity contribution in [3.63, 3.8) is 0 Å². The van der Waals surface area contributed by atoms with Crippen LogP contribution in [0.15, 0.2) is 12.7 Å². The third kappa shape index (κ3) is 16.0. The number of carbonyl (C=O) groups excluding carboxylic acids is 1. The molecule has 0 aromatic heterocycles. The first-order valence-electron chi connectivity index (χ1n) is 8.84. The molecule has 0 spiro atoms. The molecular formula is C17H34O5Si. The zero-order valence-corrected chi connectivity index (χ0v) is 16.0. The van der Waals surface area contributed by atoms with Gasteiger partial charge in [0.15, 0.2) is 0 Å². The van der Waals surface area contributed by atoms with E-state index in [0.29, 0.717) is 26.2 Å². The molecule has 0 radical (unpaired) electrons. The topological polar surface area (TPSA) is 54.0 Å². The quantitative estimate of drug-likeness (QED) is 0.175. The molecular weight excluding hydrogens is 312 g/mol. The van der Waals surface area contributed by atoms with Crippen molar-refractivity contribution >= 4 is 15.3 Å². The van der Waals surface area contributed by atoms with Crippen molar-refractivity contribution in [2.45, 2.75) is 58.4 Å². The second-order valence-electron chi connectivity index (χ2n) is 5.36. The van der Waals surface area contributed by atoms with E-state index in [1.807, 2.05) is 0 Å². The Bertz CT molecular complexity index is 276. The zero-order valence-electron chi connectivity index (χ0n) is 14.9. The van der Waals surface area contributed by atoms with E-state index in [-0.39, 0.29) is 5.97 Å². The molecule has 0 heterocycles. The summed E-state index contributed by atoms with van der Waals surface area (Å²) in [6.45, 7) is 11.0. The number of ether oxygens (including phenoxy) is 2. The van der Waals surface area contributed by atoms with Crippen LogP contribution in [-0.2, 0) is 23.1 Å². The van der Waals surface area contributed by atoms with E-state index in [4.69, 9.17) is 18.3 Å². The molecule has 6 heteroatoms. The molecule has 0 N–H and O–H groups in total. The van der Waals surface area contributed by atoms with E-state index in [1.165, 1.54) is 6.08 Å². The Hall–Kier alpha value is -0.693. The van der Waals surface area contributed by atoms with E-state index in [2.05, 4.69) is 20.4 Å². The average Bonchev–Trinajstić information content (AvgIpc) is 2.56. The fourth-order valence-electron chi connectivity index (χ4n) is 1.78. The number of hydrogen-bond donors (Lipinski definition) is 0. The van der Waals surface area contributed by atoms with Gasteiger partial charge in [-0.3, -0.25) is 0 Å². The summed E-state index contributed by atoms with van der Waals surface area (Å²) in [5.74, 6) is -0.382. The maximum absolute atomic E-state index is 10.8. The first-order valence-corrected chi connectivity index (χ1v) is 10.6. The van der Waals surface area contributed by atoms with Crippen molar-refractivity contribution in [2.75, 3.05) is 33.0 Å². The molecule has 0 fully saturated rings. The summed E-state index contributed by atoms with van der Waals surface area (Å²) in [7, 11) is -1.54. The van der Waals surface area contributed by atoms with Crippen LogP contribution in [0, 0.1) is 0 Å². The minimum Gasteiger partial charge on any atom is -0.462 e. The van der Waals surface area contributed by atoms with Gasteiger partial charge in [0, 0.05) is 38.9 Å². The molecule has 0 aromatic rings. The smallest absolute Gasteiger partial charge is 0.330 e. The van der Waals surface area contributed by atoms with Crippen molar-refractivity contribution in [1.29, 1.82) is 0 Å². The predicted molar refractivity (Wildman–Crippen MR) is 94.9 cm³/mol. The van der Waals surface area contributed by atoms with Gasteiger partial charge >= 0.3 is 15.3 Å². The summed E-state index contributed by atoms with van der Waals surface area (Å²) in [5, 5.41) is 0. The Morgan fingerprint density at radius 1 is 0.913 bits per heavy atom. The van der Waals surface area contributed by atoms with E-state index < -0.39 is 9.28 Å². The molecule has 0 unspecified atom stereocenters. The fraction of sp³-hybridized carbons (Fsp3) is 0.824. The van der Waals surface area contributed by atoms with Crippen LogP contribution in [0.25, 0.3) is 0 Å². The first kappa shape index (κ1) is 22.3. The Kier molecular flexibility index (Phi) is 17.1. The minimum absolute atomic E-state index is 0.377. The summed E-state index contributed by atoms with van der Waals surface area (Å²) in [4.78, 5) is 10.8. The van der Waals surface area contributed by atoms with Crippen molar-refractivity contribution in [2.24, 2.45) is 0 Å².